The fourth-order valence-corrected chi connectivity index (χ4v) is 2.30. The van der Waals surface area contributed by atoms with Gasteiger partial charge in [-0.05, 0) is 11.4 Å². The highest BCUT2D eigenvalue weighted by atomic mass is 35.5. The molecule has 0 spiro atoms. The first-order chi connectivity index (χ1) is 8.72. The summed E-state index contributed by atoms with van der Waals surface area (Å²) in [7, 11) is 0. The Hall–Kier alpha value is -1.37. The van der Waals surface area contributed by atoms with Gasteiger partial charge < -0.3 is 10.4 Å². The second kappa shape index (κ2) is 5.99. The van der Waals surface area contributed by atoms with Crippen molar-refractivity contribution in [3.63, 3.8) is 0 Å². The predicted octanol–water partition coefficient (Wildman–Crippen LogP) is 1.56. The molecule has 0 amide bonds. The Morgan fingerprint density at radius 3 is 3.06 bits per heavy atom. The zero-order valence-electron chi connectivity index (χ0n) is 9.47. The zero-order chi connectivity index (χ0) is 13.0. The van der Waals surface area contributed by atoms with Gasteiger partial charge in [0.1, 0.15) is 5.02 Å². The average molecular weight is 286 g/mol. The molecule has 18 heavy (non-hydrogen) atoms. The van der Waals surface area contributed by atoms with Gasteiger partial charge in [0.05, 0.1) is 25.0 Å². The van der Waals surface area contributed by atoms with E-state index in [0.29, 0.717) is 12.2 Å². The molecule has 2 aromatic rings. The lowest BCUT2D eigenvalue weighted by molar-refractivity contribution is 0.266. The summed E-state index contributed by atoms with van der Waals surface area (Å²) in [6, 6.07) is 3.95. The fourth-order valence-electron chi connectivity index (χ4n) is 1.44. The molecule has 96 valence electrons. The Balaban J connectivity index is 2.14. The summed E-state index contributed by atoms with van der Waals surface area (Å²) in [5, 5.41) is 17.8. The van der Waals surface area contributed by atoms with Crippen LogP contribution in [0.4, 0.5) is 5.69 Å². The van der Waals surface area contributed by atoms with Crippen molar-refractivity contribution >= 4 is 28.6 Å². The normalized spacial score (nSPS) is 10.6. The number of nitrogens with zero attached hydrogens (tertiary/aromatic N) is 2. The number of hydrogen-bond donors (Lipinski definition) is 2. The third kappa shape index (κ3) is 2.90. The third-order valence-corrected chi connectivity index (χ3v) is 3.57. The number of aliphatic hydroxyl groups excluding tert-OH is 1. The summed E-state index contributed by atoms with van der Waals surface area (Å²) < 4.78 is 1.14. The van der Waals surface area contributed by atoms with E-state index in [4.69, 9.17) is 16.7 Å². The summed E-state index contributed by atoms with van der Waals surface area (Å²) in [6.07, 6.45) is 1.49. The second-order valence-corrected chi connectivity index (χ2v) is 4.97. The Kier molecular flexibility index (Phi) is 4.35. The Labute approximate surface area is 113 Å². The van der Waals surface area contributed by atoms with E-state index in [1.807, 2.05) is 17.5 Å². The standard InChI is InChI=1S/C11H12ClN3O2S/c12-10-9(13-6-8-2-1-5-18-8)7-14-15(3-4-16)11(10)17/h1-2,5,7,13,16H,3-4,6H2. The lowest BCUT2D eigenvalue weighted by Crippen LogP contribution is -2.25. The quantitative estimate of drug-likeness (QED) is 0.875. The zero-order valence-corrected chi connectivity index (χ0v) is 11.0. The number of aliphatic hydroxyl groups is 1. The molecule has 2 N–H and O–H groups in total. The van der Waals surface area contributed by atoms with Crippen LogP contribution in [0.15, 0.2) is 28.5 Å². The van der Waals surface area contributed by atoms with Crippen molar-refractivity contribution in [2.24, 2.45) is 0 Å². The van der Waals surface area contributed by atoms with Gasteiger partial charge in [-0.1, -0.05) is 17.7 Å². The number of thiophene rings is 1. The first-order valence-electron chi connectivity index (χ1n) is 5.35. The highest BCUT2D eigenvalue weighted by Crippen LogP contribution is 2.17. The summed E-state index contributed by atoms with van der Waals surface area (Å²) in [6.45, 7) is 0.595. The van der Waals surface area contributed by atoms with Crippen LogP contribution in [0.3, 0.4) is 0 Å². The number of hydrogen-bond acceptors (Lipinski definition) is 5. The Morgan fingerprint density at radius 1 is 1.56 bits per heavy atom. The minimum Gasteiger partial charge on any atom is -0.394 e. The van der Waals surface area contributed by atoms with Crippen LogP contribution in [0.25, 0.3) is 0 Å². The molecule has 0 aliphatic carbocycles. The van der Waals surface area contributed by atoms with E-state index in [0.717, 1.165) is 9.56 Å². The smallest absolute Gasteiger partial charge is 0.287 e. The summed E-state index contributed by atoms with van der Waals surface area (Å²) in [5.74, 6) is 0. The number of aromatic nitrogens is 2. The highest BCUT2D eigenvalue weighted by molar-refractivity contribution is 7.09. The maximum absolute atomic E-state index is 11.8. The molecule has 0 saturated carbocycles. The fraction of sp³-hybridized carbons (Fsp3) is 0.273. The van der Waals surface area contributed by atoms with Crippen molar-refractivity contribution in [3.05, 3.63) is 44.0 Å². The maximum Gasteiger partial charge on any atom is 0.287 e. The lowest BCUT2D eigenvalue weighted by Gasteiger charge is -2.08. The van der Waals surface area contributed by atoms with Crippen molar-refractivity contribution in [2.45, 2.75) is 13.1 Å². The predicted molar refractivity (Wildman–Crippen MR) is 72.2 cm³/mol. The molecule has 0 fully saturated rings. The molecular weight excluding hydrogens is 274 g/mol. The molecule has 0 saturated heterocycles. The molecule has 0 atom stereocenters. The van der Waals surface area contributed by atoms with Crippen molar-refractivity contribution in [3.8, 4) is 0 Å². The van der Waals surface area contributed by atoms with Crippen molar-refractivity contribution < 1.29 is 5.11 Å². The minimum absolute atomic E-state index is 0.0926. The van der Waals surface area contributed by atoms with Crippen LogP contribution in [0.5, 0.6) is 0 Å². The van der Waals surface area contributed by atoms with E-state index in [1.165, 1.54) is 6.20 Å². The molecule has 2 rings (SSSR count). The van der Waals surface area contributed by atoms with E-state index >= 15 is 0 Å². The van der Waals surface area contributed by atoms with Gasteiger partial charge >= 0.3 is 0 Å². The van der Waals surface area contributed by atoms with Crippen LogP contribution in [0, 0.1) is 0 Å². The molecular formula is C11H12ClN3O2S. The first kappa shape index (κ1) is 13.1. The molecule has 0 radical (unpaired) electrons. The first-order valence-corrected chi connectivity index (χ1v) is 6.61. The van der Waals surface area contributed by atoms with Crippen molar-refractivity contribution in [2.75, 3.05) is 11.9 Å². The highest BCUT2D eigenvalue weighted by Gasteiger charge is 2.08. The van der Waals surface area contributed by atoms with Crippen LogP contribution >= 0.6 is 22.9 Å². The number of nitrogens with one attached hydrogen (secondary N) is 1. The lowest BCUT2D eigenvalue weighted by atomic mass is 10.4. The van der Waals surface area contributed by atoms with E-state index in [9.17, 15) is 4.79 Å². The largest absolute Gasteiger partial charge is 0.394 e. The van der Waals surface area contributed by atoms with E-state index < -0.39 is 5.56 Å². The molecule has 0 aliphatic rings. The maximum atomic E-state index is 11.8. The SMILES string of the molecule is O=c1c(Cl)c(NCc2cccs2)cnn1CCO. The number of rotatable bonds is 5. The van der Waals surface area contributed by atoms with Gasteiger partial charge in [-0.2, -0.15) is 5.10 Å². The van der Waals surface area contributed by atoms with Crippen LogP contribution in [0.1, 0.15) is 4.88 Å². The van der Waals surface area contributed by atoms with Crippen LogP contribution in [-0.2, 0) is 13.1 Å². The van der Waals surface area contributed by atoms with Gasteiger partial charge in [-0.15, -0.1) is 11.3 Å². The molecule has 5 nitrogen and oxygen atoms in total. The Morgan fingerprint density at radius 2 is 2.39 bits per heavy atom. The minimum atomic E-state index is -0.401. The molecule has 0 aliphatic heterocycles. The molecule has 0 bridgehead atoms. The molecule has 7 heteroatoms. The Bertz CT molecular complexity index is 568. The number of halogens is 1. The van der Waals surface area contributed by atoms with Crippen LogP contribution < -0.4 is 10.9 Å². The molecule has 2 aromatic heterocycles. The van der Waals surface area contributed by atoms with Gasteiger partial charge in [0.25, 0.3) is 5.56 Å². The monoisotopic (exact) mass is 285 g/mol. The topological polar surface area (TPSA) is 67.2 Å². The van der Waals surface area contributed by atoms with Gasteiger partial charge in [-0.3, -0.25) is 4.79 Å². The van der Waals surface area contributed by atoms with E-state index in [2.05, 4.69) is 10.4 Å². The summed E-state index contributed by atoms with van der Waals surface area (Å²) in [5.41, 5.74) is 0.103. The second-order valence-electron chi connectivity index (χ2n) is 3.56. The molecule has 2 heterocycles. The molecule has 0 unspecified atom stereocenters. The third-order valence-electron chi connectivity index (χ3n) is 2.33. The number of anilines is 1. The summed E-state index contributed by atoms with van der Waals surface area (Å²) >= 11 is 7.58. The summed E-state index contributed by atoms with van der Waals surface area (Å²) in [4.78, 5) is 12.9. The van der Waals surface area contributed by atoms with Crippen LogP contribution in [0.2, 0.25) is 5.02 Å². The average Bonchev–Trinajstić information content (AvgIpc) is 2.87. The van der Waals surface area contributed by atoms with Gasteiger partial charge in [0.15, 0.2) is 0 Å². The van der Waals surface area contributed by atoms with Gasteiger partial charge in [0.2, 0.25) is 0 Å². The molecule has 0 aromatic carbocycles. The van der Waals surface area contributed by atoms with Gasteiger partial charge in [0, 0.05) is 11.4 Å². The van der Waals surface area contributed by atoms with Crippen molar-refractivity contribution in [1.82, 2.24) is 9.78 Å². The van der Waals surface area contributed by atoms with Crippen molar-refractivity contribution in [1.29, 1.82) is 0 Å². The van der Waals surface area contributed by atoms with E-state index in [1.54, 1.807) is 11.3 Å². The van der Waals surface area contributed by atoms with E-state index in [-0.39, 0.29) is 18.2 Å². The van der Waals surface area contributed by atoms with Gasteiger partial charge in [-0.25, -0.2) is 4.68 Å². The van der Waals surface area contributed by atoms with Crippen LogP contribution in [-0.4, -0.2) is 21.5 Å².